The van der Waals surface area contributed by atoms with E-state index in [4.69, 9.17) is 14.0 Å². The molecule has 1 aliphatic rings. The van der Waals surface area contributed by atoms with Gasteiger partial charge >= 0.3 is 13.3 Å². The molecule has 4 aromatic carbocycles. The van der Waals surface area contributed by atoms with Gasteiger partial charge < -0.3 is 14.0 Å². The Morgan fingerprint density at radius 1 is 0.688 bits per heavy atom. The summed E-state index contributed by atoms with van der Waals surface area (Å²) in [7, 11) is -1.26. The summed E-state index contributed by atoms with van der Waals surface area (Å²) in [5, 5.41) is 4.22. The fourth-order valence-corrected chi connectivity index (χ4v) is 4.13. The molecular weight excluding hydrogens is 401 g/mol. The van der Waals surface area contributed by atoms with E-state index in [1.165, 1.54) is 6.20 Å². The molecule has 1 aliphatic heterocycles. The molecule has 0 fully saturated rings. The third-order valence-electron chi connectivity index (χ3n) is 5.56. The second-order valence-electron chi connectivity index (χ2n) is 7.46. The number of fused-ring (bicyclic) bond motifs is 7. The first-order valence-corrected chi connectivity index (χ1v) is 10.3. The highest BCUT2D eigenvalue weighted by atomic mass is 16.7. The number of pyridine rings is 1. The second kappa shape index (κ2) is 7.43. The smallest absolute Gasteiger partial charge is 0.489 e. The fourth-order valence-electron chi connectivity index (χ4n) is 4.13. The topological polar surface area (TPSA) is 57.7 Å². The molecule has 0 saturated heterocycles. The molecular formula is C26H16BNO4. The van der Waals surface area contributed by atoms with Gasteiger partial charge in [0.1, 0.15) is 17.2 Å². The van der Waals surface area contributed by atoms with Crippen molar-refractivity contribution in [3.8, 4) is 22.6 Å². The Hall–Kier alpha value is -4.32. The lowest BCUT2D eigenvalue weighted by molar-refractivity contribution is 0.0658. The van der Waals surface area contributed by atoms with Crippen LogP contribution in [0.25, 0.3) is 32.7 Å². The number of hydrogen-bond acceptors (Lipinski definition) is 5. The molecule has 0 spiro atoms. The van der Waals surface area contributed by atoms with Crippen LogP contribution in [0.3, 0.4) is 0 Å². The van der Waals surface area contributed by atoms with Gasteiger partial charge in [-0.25, -0.2) is 9.78 Å². The molecule has 0 N–H and O–H groups in total. The van der Waals surface area contributed by atoms with E-state index in [0.29, 0.717) is 11.5 Å². The first-order valence-electron chi connectivity index (χ1n) is 10.3. The highest BCUT2D eigenvalue weighted by Crippen LogP contribution is 2.47. The minimum absolute atomic E-state index is 0.182. The molecule has 0 aliphatic carbocycles. The van der Waals surface area contributed by atoms with E-state index in [1.54, 1.807) is 18.2 Å². The molecule has 5 nitrogen and oxygen atoms in total. The minimum Gasteiger partial charge on any atom is -0.489 e. The highest BCUT2D eigenvalue weighted by Gasteiger charge is 2.38. The van der Waals surface area contributed by atoms with Gasteiger partial charge in [0.2, 0.25) is 0 Å². The standard InChI is InChI=1S/C26H16BNO4/c29-26(21-11-5-6-16-28-21)32-27-30-22-14-12-17-7-1-3-9-19(17)24(22)25-20-10-4-2-8-18(20)13-15-23(25)31-27/h1-16H. The predicted octanol–water partition coefficient (Wildman–Crippen LogP) is 5.67. The molecule has 6 rings (SSSR count). The third kappa shape index (κ3) is 3.05. The quantitative estimate of drug-likeness (QED) is 0.347. The van der Waals surface area contributed by atoms with Crippen LogP contribution in [0.1, 0.15) is 10.5 Å². The number of rotatable bonds is 2. The van der Waals surface area contributed by atoms with Crippen molar-refractivity contribution in [3.05, 3.63) is 103 Å². The average Bonchev–Trinajstić information content (AvgIpc) is 3.01. The summed E-state index contributed by atoms with van der Waals surface area (Å²) in [5.41, 5.74) is 2.00. The summed E-state index contributed by atoms with van der Waals surface area (Å²) in [5.74, 6) is 0.539. The predicted molar refractivity (Wildman–Crippen MR) is 124 cm³/mol. The fraction of sp³-hybridized carbons (Fsp3) is 0. The zero-order chi connectivity index (χ0) is 21.5. The van der Waals surface area contributed by atoms with E-state index in [0.717, 1.165) is 32.7 Å². The van der Waals surface area contributed by atoms with Crippen LogP contribution in [0.15, 0.2) is 97.2 Å². The van der Waals surface area contributed by atoms with Gasteiger partial charge in [-0.3, -0.25) is 0 Å². The van der Waals surface area contributed by atoms with E-state index in [9.17, 15) is 4.79 Å². The van der Waals surface area contributed by atoms with Gasteiger partial charge in [0.05, 0.1) is 0 Å². The Morgan fingerprint density at radius 3 is 1.81 bits per heavy atom. The van der Waals surface area contributed by atoms with Crippen LogP contribution >= 0.6 is 0 Å². The molecule has 0 amide bonds. The highest BCUT2D eigenvalue weighted by molar-refractivity contribution is 6.42. The van der Waals surface area contributed by atoms with Crippen molar-refractivity contribution >= 4 is 34.8 Å². The molecule has 0 radical (unpaired) electrons. The average molecular weight is 417 g/mol. The first-order chi connectivity index (χ1) is 15.8. The lowest BCUT2D eigenvalue weighted by Crippen LogP contribution is -2.35. The largest absolute Gasteiger partial charge is 0.866 e. The maximum Gasteiger partial charge on any atom is 0.866 e. The Balaban J connectivity index is 1.55. The number of carbonyl (C=O) groups excluding carboxylic acids is 1. The maximum absolute atomic E-state index is 12.6. The summed E-state index contributed by atoms with van der Waals surface area (Å²) < 4.78 is 17.7. The number of carbonyl (C=O) groups is 1. The Kier molecular flexibility index (Phi) is 4.28. The Morgan fingerprint density at radius 2 is 1.25 bits per heavy atom. The van der Waals surface area contributed by atoms with Gasteiger partial charge in [0.25, 0.3) is 0 Å². The molecule has 0 atom stereocenters. The molecule has 5 aromatic rings. The van der Waals surface area contributed by atoms with Crippen molar-refractivity contribution in [1.29, 1.82) is 0 Å². The molecule has 6 heteroatoms. The number of benzene rings is 4. The molecule has 152 valence electrons. The monoisotopic (exact) mass is 417 g/mol. The lowest BCUT2D eigenvalue weighted by atomic mass is 9.92. The molecule has 32 heavy (non-hydrogen) atoms. The number of aromatic nitrogens is 1. The third-order valence-corrected chi connectivity index (χ3v) is 5.56. The summed E-state index contributed by atoms with van der Waals surface area (Å²) in [6.45, 7) is 0. The van der Waals surface area contributed by atoms with Crippen molar-refractivity contribution in [2.45, 2.75) is 0 Å². The summed E-state index contributed by atoms with van der Waals surface area (Å²) in [4.78, 5) is 16.7. The van der Waals surface area contributed by atoms with Gasteiger partial charge in [0.15, 0.2) is 0 Å². The SMILES string of the molecule is O=C(OB1Oc2ccc3ccccc3c2-c2c(ccc3ccccc23)O1)c1ccccn1. The van der Waals surface area contributed by atoms with Crippen molar-refractivity contribution in [3.63, 3.8) is 0 Å². The first kappa shape index (κ1) is 18.5. The second-order valence-corrected chi connectivity index (χ2v) is 7.46. The normalized spacial score (nSPS) is 12.3. The van der Waals surface area contributed by atoms with Crippen LogP contribution < -0.4 is 9.31 Å². The van der Waals surface area contributed by atoms with Crippen LogP contribution in [0, 0.1) is 0 Å². The van der Waals surface area contributed by atoms with Gasteiger partial charge in [-0.2, -0.15) is 0 Å². The molecule has 1 aromatic heterocycles. The van der Waals surface area contributed by atoms with Crippen molar-refractivity contribution in [2.75, 3.05) is 0 Å². The number of nitrogens with zero attached hydrogens (tertiary/aromatic N) is 1. The van der Waals surface area contributed by atoms with E-state index in [1.807, 2.05) is 48.5 Å². The van der Waals surface area contributed by atoms with Crippen LogP contribution in [-0.4, -0.2) is 18.3 Å². The van der Waals surface area contributed by atoms with Crippen LogP contribution in [0.4, 0.5) is 0 Å². The summed E-state index contributed by atoms with van der Waals surface area (Å²) in [6.07, 6.45) is 1.54. The van der Waals surface area contributed by atoms with Gasteiger partial charge in [-0.15, -0.1) is 0 Å². The van der Waals surface area contributed by atoms with E-state index < -0.39 is 13.3 Å². The molecule has 0 bridgehead atoms. The Labute approximate surface area is 184 Å². The van der Waals surface area contributed by atoms with Crippen LogP contribution in [-0.2, 0) is 4.65 Å². The summed E-state index contributed by atoms with van der Waals surface area (Å²) >= 11 is 0. The molecule has 0 unspecified atom stereocenters. The van der Waals surface area contributed by atoms with Gasteiger partial charge in [-0.05, 0) is 45.8 Å². The lowest BCUT2D eigenvalue weighted by Gasteiger charge is -2.14. The maximum atomic E-state index is 12.6. The minimum atomic E-state index is -1.26. The van der Waals surface area contributed by atoms with Crippen molar-refractivity contribution < 1.29 is 18.8 Å². The van der Waals surface area contributed by atoms with Crippen molar-refractivity contribution in [2.24, 2.45) is 0 Å². The number of hydrogen-bond donors (Lipinski definition) is 0. The van der Waals surface area contributed by atoms with Crippen LogP contribution in [0.2, 0.25) is 0 Å². The van der Waals surface area contributed by atoms with E-state index in [-0.39, 0.29) is 5.69 Å². The molecule has 2 heterocycles. The molecule has 0 saturated carbocycles. The van der Waals surface area contributed by atoms with Gasteiger partial charge in [-0.1, -0.05) is 66.7 Å². The zero-order valence-electron chi connectivity index (χ0n) is 16.9. The van der Waals surface area contributed by atoms with Crippen LogP contribution in [0.5, 0.6) is 11.5 Å². The summed E-state index contributed by atoms with van der Waals surface area (Å²) in [6, 6.07) is 29.0. The van der Waals surface area contributed by atoms with E-state index in [2.05, 4.69) is 29.2 Å². The van der Waals surface area contributed by atoms with Gasteiger partial charge in [0, 0.05) is 17.3 Å². The van der Waals surface area contributed by atoms with Crippen molar-refractivity contribution in [1.82, 2.24) is 4.98 Å². The zero-order valence-corrected chi connectivity index (χ0v) is 16.9. The van der Waals surface area contributed by atoms with E-state index >= 15 is 0 Å². The Bertz CT molecular complexity index is 1400.